The first-order chi connectivity index (χ1) is 7.79. The molecule has 1 N–H and O–H groups in total. The Morgan fingerprint density at radius 2 is 2.19 bits per heavy atom. The van der Waals surface area contributed by atoms with Crippen LogP contribution in [0.5, 0.6) is 0 Å². The van der Waals surface area contributed by atoms with E-state index >= 15 is 0 Å². The van der Waals surface area contributed by atoms with E-state index in [1.807, 2.05) is 0 Å². The summed E-state index contributed by atoms with van der Waals surface area (Å²) in [6.07, 6.45) is 4.33. The minimum absolute atomic E-state index is 0.947. The van der Waals surface area contributed by atoms with Gasteiger partial charge in [0.05, 0.1) is 0 Å². The molecule has 2 aromatic heterocycles. The van der Waals surface area contributed by atoms with E-state index in [2.05, 4.69) is 53.0 Å². The Labute approximate surface area is 101 Å². The van der Waals surface area contributed by atoms with Gasteiger partial charge in [-0.05, 0) is 47.4 Å². The monoisotopic (exact) mass is 234 g/mol. The molecule has 0 aliphatic rings. The van der Waals surface area contributed by atoms with E-state index in [9.17, 15) is 0 Å². The Balaban J connectivity index is 1.82. The van der Waals surface area contributed by atoms with E-state index in [1.165, 1.54) is 16.7 Å². The van der Waals surface area contributed by atoms with Crippen LogP contribution in [0.3, 0.4) is 0 Å². The maximum Gasteiger partial charge on any atom is 0.0223 e. The second kappa shape index (κ2) is 5.32. The SMILES string of the molecule is CCn1ccc(CNCc2cscc2C)c1. The number of hydrogen-bond donors (Lipinski definition) is 1. The summed E-state index contributed by atoms with van der Waals surface area (Å²) in [5.74, 6) is 0. The third kappa shape index (κ3) is 2.74. The van der Waals surface area contributed by atoms with Gasteiger partial charge in [0.25, 0.3) is 0 Å². The molecule has 0 amide bonds. The van der Waals surface area contributed by atoms with E-state index < -0.39 is 0 Å². The molecule has 2 heterocycles. The molecule has 0 radical (unpaired) electrons. The lowest BCUT2D eigenvalue weighted by atomic mass is 10.2. The van der Waals surface area contributed by atoms with Crippen molar-refractivity contribution < 1.29 is 0 Å². The maximum atomic E-state index is 3.48. The first kappa shape index (κ1) is 11.4. The molecule has 2 nitrogen and oxygen atoms in total. The highest BCUT2D eigenvalue weighted by Gasteiger charge is 1.99. The van der Waals surface area contributed by atoms with Gasteiger partial charge >= 0.3 is 0 Å². The summed E-state index contributed by atoms with van der Waals surface area (Å²) in [7, 11) is 0. The summed E-state index contributed by atoms with van der Waals surface area (Å²) >= 11 is 1.78. The molecule has 0 saturated carbocycles. The number of aryl methyl sites for hydroxylation is 2. The third-order valence-electron chi connectivity index (χ3n) is 2.78. The fourth-order valence-electron chi connectivity index (χ4n) is 1.70. The van der Waals surface area contributed by atoms with Gasteiger partial charge in [-0.15, -0.1) is 0 Å². The Bertz CT molecular complexity index is 442. The fourth-order valence-corrected chi connectivity index (χ4v) is 2.56. The first-order valence-corrected chi connectivity index (χ1v) is 6.61. The number of hydrogen-bond acceptors (Lipinski definition) is 2. The van der Waals surface area contributed by atoms with Gasteiger partial charge in [0.15, 0.2) is 0 Å². The third-order valence-corrected chi connectivity index (χ3v) is 3.69. The van der Waals surface area contributed by atoms with Crippen LogP contribution in [0, 0.1) is 6.92 Å². The van der Waals surface area contributed by atoms with Gasteiger partial charge < -0.3 is 9.88 Å². The molecule has 0 aliphatic heterocycles. The molecule has 0 atom stereocenters. The molecule has 2 aromatic rings. The van der Waals surface area contributed by atoms with Crippen molar-refractivity contribution in [2.24, 2.45) is 0 Å². The van der Waals surface area contributed by atoms with Gasteiger partial charge in [0.2, 0.25) is 0 Å². The van der Waals surface area contributed by atoms with Crippen LogP contribution in [0.1, 0.15) is 23.6 Å². The molecule has 0 aromatic carbocycles. The normalized spacial score (nSPS) is 10.9. The highest BCUT2D eigenvalue weighted by molar-refractivity contribution is 7.08. The van der Waals surface area contributed by atoms with Crippen molar-refractivity contribution in [3.63, 3.8) is 0 Å². The average Bonchev–Trinajstić information content (AvgIpc) is 2.89. The van der Waals surface area contributed by atoms with Gasteiger partial charge in [-0.25, -0.2) is 0 Å². The summed E-state index contributed by atoms with van der Waals surface area (Å²) in [6, 6.07) is 2.18. The fraction of sp³-hybridized carbons (Fsp3) is 0.385. The highest BCUT2D eigenvalue weighted by Crippen LogP contribution is 2.13. The van der Waals surface area contributed by atoms with Crippen LogP contribution in [-0.4, -0.2) is 4.57 Å². The van der Waals surface area contributed by atoms with Crippen molar-refractivity contribution >= 4 is 11.3 Å². The minimum atomic E-state index is 0.947. The average molecular weight is 234 g/mol. The lowest BCUT2D eigenvalue weighted by Gasteiger charge is -2.02. The van der Waals surface area contributed by atoms with Crippen LogP contribution in [0.2, 0.25) is 0 Å². The Morgan fingerprint density at radius 3 is 2.81 bits per heavy atom. The summed E-state index contributed by atoms with van der Waals surface area (Å²) < 4.78 is 2.20. The van der Waals surface area contributed by atoms with Gasteiger partial charge in [0.1, 0.15) is 0 Å². The van der Waals surface area contributed by atoms with E-state index in [0.29, 0.717) is 0 Å². The number of aromatic nitrogens is 1. The molecule has 0 unspecified atom stereocenters. The smallest absolute Gasteiger partial charge is 0.0223 e. The predicted octanol–water partition coefficient (Wildman–Crippen LogP) is 3.17. The van der Waals surface area contributed by atoms with Gasteiger partial charge in [-0.2, -0.15) is 11.3 Å². The largest absolute Gasteiger partial charge is 0.354 e. The van der Waals surface area contributed by atoms with E-state index in [1.54, 1.807) is 11.3 Å². The molecule has 3 heteroatoms. The molecule has 16 heavy (non-hydrogen) atoms. The summed E-state index contributed by atoms with van der Waals surface area (Å²) in [5.41, 5.74) is 4.17. The molecule has 0 aliphatic carbocycles. The number of nitrogens with zero attached hydrogens (tertiary/aromatic N) is 1. The molecule has 2 rings (SSSR count). The van der Waals surface area contributed by atoms with Gasteiger partial charge in [0, 0.05) is 32.0 Å². The summed E-state index contributed by atoms with van der Waals surface area (Å²) in [5, 5.41) is 7.90. The Morgan fingerprint density at radius 1 is 1.31 bits per heavy atom. The molecule has 0 bridgehead atoms. The van der Waals surface area contributed by atoms with Crippen LogP contribution in [0.15, 0.2) is 29.2 Å². The van der Waals surface area contributed by atoms with Crippen LogP contribution in [-0.2, 0) is 19.6 Å². The minimum Gasteiger partial charge on any atom is -0.354 e. The van der Waals surface area contributed by atoms with Crippen molar-refractivity contribution in [1.82, 2.24) is 9.88 Å². The maximum absolute atomic E-state index is 3.48. The van der Waals surface area contributed by atoms with Crippen molar-refractivity contribution in [3.05, 3.63) is 45.9 Å². The molecule has 0 saturated heterocycles. The molecule has 86 valence electrons. The standard InChI is InChI=1S/C13H18N2S/c1-3-15-5-4-12(8-15)6-14-7-13-10-16-9-11(13)2/h4-5,8-10,14H,3,6-7H2,1-2H3. The van der Waals surface area contributed by atoms with Gasteiger partial charge in [-0.1, -0.05) is 0 Å². The number of thiophene rings is 1. The molecular formula is C13H18N2S. The highest BCUT2D eigenvalue weighted by atomic mass is 32.1. The quantitative estimate of drug-likeness (QED) is 0.841. The molecule has 0 fully saturated rings. The van der Waals surface area contributed by atoms with E-state index in [0.717, 1.165) is 19.6 Å². The molecular weight excluding hydrogens is 216 g/mol. The van der Waals surface area contributed by atoms with Crippen molar-refractivity contribution in [2.75, 3.05) is 0 Å². The Hall–Kier alpha value is -1.06. The van der Waals surface area contributed by atoms with Crippen LogP contribution >= 0.6 is 11.3 Å². The first-order valence-electron chi connectivity index (χ1n) is 5.66. The zero-order valence-electron chi connectivity index (χ0n) is 9.86. The van der Waals surface area contributed by atoms with Gasteiger partial charge in [-0.3, -0.25) is 0 Å². The van der Waals surface area contributed by atoms with Crippen LogP contribution in [0.25, 0.3) is 0 Å². The van der Waals surface area contributed by atoms with Crippen LogP contribution in [0.4, 0.5) is 0 Å². The lowest BCUT2D eigenvalue weighted by Crippen LogP contribution is -2.12. The van der Waals surface area contributed by atoms with Crippen molar-refractivity contribution in [3.8, 4) is 0 Å². The summed E-state index contributed by atoms with van der Waals surface area (Å²) in [6.45, 7) is 7.28. The second-order valence-corrected chi connectivity index (χ2v) is 4.78. The molecule has 0 spiro atoms. The Kier molecular flexibility index (Phi) is 3.80. The number of rotatable bonds is 5. The number of nitrogens with one attached hydrogen (secondary N) is 1. The second-order valence-electron chi connectivity index (χ2n) is 4.03. The van der Waals surface area contributed by atoms with Crippen LogP contribution < -0.4 is 5.32 Å². The zero-order chi connectivity index (χ0) is 11.4. The predicted molar refractivity (Wildman–Crippen MR) is 69.7 cm³/mol. The van der Waals surface area contributed by atoms with E-state index in [-0.39, 0.29) is 0 Å². The lowest BCUT2D eigenvalue weighted by molar-refractivity contribution is 0.687. The van der Waals surface area contributed by atoms with Crippen molar-refractivity contribution in [1.29, 1.82) is 0 Å². The topological polar surface area (TPSA) is 17.0 Å². The zero-order valence-corrected chi connectivity index (χ0v) is 10.7. The van der Waals surface area contributed by atoms with E-state index in [4.69, 9.17) is 0 Å². The van der Waals surface area contributed by atoms with Crippen molar-refractivity contribution in [2.45, 2.75) is 33.5 Å². The summed E-state index contributed by atoms with van der Waals surface area (Å²) in [4.78, 5) is 0.